The summed E-state index contributed by atoms with van der Waals surface area (Å²) < 4.78 is 40.4. The van der Waals surface area contributed by atoms with E-state index in [2.05, 4.69) is 11.0 Å². The van der Waals surface area contributed by atoms with E-state index in [0.717, 1.165) is 47.9 Å². The van der Waals surface area contributed by atoms with Crippen LogP contribution in [0.2, 0.25) is 0 Å². The lowest BCUT2D eigenvalue weighted by atomic mass is 9.95. The average molecular weight is 522 g/mol. The van der Waals surface area contributed by atoms with Gasteiger partial charge < -0.3 is 9.47 Å². The second-order valence-electron chi connectivity index (χ2n) is 10.9. The molecule has 9 heteroatoms. The lowest BCUT2D eigenvalue weighted by molar-refractivity contribution is -0.139. The van der Waals surface area contributed by atoms with Crippen molar-refractivity contribution in [1.29, 1.82) is 5.26 Å². The summed E-state index contributed by atoms with van der Waals surface area (Å²) in [6, 6.07) is 11.8. The van der Waals surface area contributed by atoms with Crippen LogP contribution in [0.15, 0.2) is 41.3 Å². The molecule has 2 saturated carbocycles. The van der Waals surface area contributed by atoms with Crippen molar-refractivity contribution in [2.24, 2.45) is 13.0 Å². The first kappa shape index (κ1) is 24.9. The molecule has 3 aromatic rings. The second-order valence-corrected chi connectivity index (χ2v) is 10.9. The molecule has 0 spiro atoms. The molecule has 0 N–H and O–H groups in total. The molecule has 0 amide bonds. The fourth-order valence-corrected chi connectivity index (χ4v) is 5.87. The van der Waals surface area contributed by atoms with Gasteiger partial charge in [0.25, 0.3) is 5.56 Å². The lowest BCUT2D eigenvalue weighted by Crippen LogP contribution is -2.55. The minimum absolute atomic E-state index is 0.0170. The molecule has 0 radical (unpaired) electrons. The maximum absolute atomic E-state index is 12.9. The maximum atomic E-state index is 12.9. The van der Waals surface area contributed by atoms with Crippen LogP contribution in [0.25, 0.3) is 21.9 Å². The fraction of sp³-hybridized carbons (Fsp3) is 0.483. The molecular weight excluding hydrogens is 491 g/mol. The van der Waals surface area contributed by atoms with Gasteiger partial charge in [-0.3, -0.25) is 9.69 Å². The Bertz CT molecular complexity index is 1480. The molecule has 0 bridgehead atoms. The molecule has 1 saturated heterocycles. The van der Waals surface area contributed by atoms with Gasteiger partial charge in [-0.05, 0) is 49.1 Å². The van der Waals surface area contributed by atoms with Gasteiger partial charge in [-0.2, -0.15) is 18.4 Å². The summed E-state index contributed by atoms with van der Waals surface area (Å²) >= 11 is 0. The van der Waals surface area contributed by atoms with Crippen molar-refractivity contribution < 1.29 is 13.2 Å². The number of hydrogen-bond donors (Lipinski definition) is 0. The Balaban J connectivity index is 1.39. The first-order chi connectivity index (χ1) is 18.2. The van der Waals surface area contributed by atoms with Gasteiger partial charge in [0.1, 0.15) is 11.9 Å². The van der Waals surface area contributed by atoms with Gasteiger partial charge in [-0.1, -0.05) is 18.2 Å². The van der Waals surface area contributed by atoms with Crippen LogP contribution in [-0.4, -0.2) is 52.8 Å². The van der Waals surface area contributed by atoms with Crippen molar-refractivity contribution in [2.45, 2.75) is 50.2 Å². The molecular formula is C29H30F3N5O. The van der Waals surface area contributed by atoms with E-state index in [-0.39, 0.29) is 18.1 Å². The molecule has 1 aromatic carbocycles. The highest BCUT2D eigenvalue weighted by Crippen LogP contribution is 2.46. The van der Waals surface area contributed by atoms with Gasteiger partial charge in [0, 0.05) is 67.9 Å². The van der Waals surface area contributed by atoms with Gasteiger partial charge in [-0.25, -0.2) is 4.98 Å². The third-order valence-electron chi connectivity index (χ3n) is 8.18. The zero-order chi connectivity index (χ0) is 26.6. The average Bonchev–Trinajstić information content (AvgIpc) is 3.82. The van der Waals surface area contributed by atoms with Crippen LogP contribution in [0.3, 0.4) is 0 Å². The number of nitrogens with zero attached hydrogens (tertiary/aromatic N) is 5. The van der Waals surface area contributed by atoms with E-state index in [1.165, 1.54) is 0 Å². The summed E-state index contributed by atoms with van der Waals surface area (Å²) in [6.45, 7) is 1.66. The molecule has 198 valence electrons. The van der Waals surface area contributed by atoms with Gasteiger partial charge in [0.05, 0.1) is 17.7 Å². The van der Waals surface area contributed by atoms with Crippen molar-refractivity contribution in [1.82, 2.24) is 14.5 Å². The van der Waals surface area contributed by atoms with Crippen LogP contribution in [0.1, 0.15) is 49.3 Å². The molecule has 2 aromatic heterocycles. The van der Waals surface area contributed by atoms with Crippen LogP contribution in [0.4, 0.5) is 19.0 Å². The second kappa shape index (κ2) is 9.42. The first-order valence-corrected chi connectivity index (χ1v) is 13.3. The molecule has 1 unspecified atom stereocenters. The largest absolute Gasteiger partial charge is 0.390 e. The Morgan fingerprint density at radius 2 is 1.82 bits per heavy atom. The fourth-order valence-electron chi connectivity index (χ4n) is 5.87. The molecule has 6 rings (SSSR count). The summed E-state index contributed by atoms with van der Waals surface area (Å²) in [5.74, 6) is 1.32. The van der Waals surface area contributed by atoms with Gasteiger partial charge in [0.2, 0.25) is 0 Å². The standard InChI is InChI=1S/C29H30F3N5O/c1-35-16-24(21-4-2-3-5-22(21)28(35)38)23-14-20(15-33)27(34-26(23)19-8-9-19)37-13-12-36(11-10-29(30,31)32)25(17-37)18-6-7-18/h2-5,14,16,18-19,25H,6-13,17H2,1H3. The van der Waals surface area contributed by atoms with E-state index < -0.39 is 12.6 Å². The smallest absolute Gasteiger partial charge is 0.353 e. The number of rotatable bonds is 6. The molecule has 3 heterocycles. The number of alkyl halides is 3. The number of piperazine rings is 1. The molecule has 1 aliphatic heterocycles. The molecule has 3 aliphatic rings. The van der Waals surface area contributed by atoms with Crippen molar-refractivity contribution in [3.05, 3.63) is 58.1 Å². The highest BCUT2D eigenvalue weighted by atomic mass is 19.4. The van der Waals surface area contributed by atoms with Gasteiger partial charge in [-0.15, -0.1) is 0 Å². The molecule has 38 heavy (non-hydrogen) atoms. The number of hydrogen-bond acceptors (Lipinski definition) is 5. The van der Waals surface area contributed by atoms with E-state index in [4.69, 9.17) is 4.98 Å². The van der Waals surface area contributed by atoms with Gasteiger partial charge >= 0.3 is 6.18 Å². The number of aryl methyl sites for hydroxylation is 1. The number of fused-ring (bicyclic) bond motifs is 1. The zero-order valence-corrected chi connectivity index (χ0v) is 21.3. The minimum atomic E-state index is -4.17. The summed E-state index contributed by atoms with van der Waals surface area (Å²) in [7, 11) is 1.73. The summed E-state index contributed by atoms with van der Waals surface area (Å²) in [5.41, 5.74) is 3.08. The third-order valence-corrected chi connectivity index (χ3v) is 8.18. The molecule has 2 aliphatic carbocycles. The predicted octanol–water partition coefficient (Wildman–Crippen LogP) is 5.20. The van der Waals surface area contributed by atoms with Crippen LogP contribution < -0.4 is 10.5 Å². The Labute approximate surface area is 219 Å². The van der Waals surface area contributed by atoms with Crippen LogP contribution in [0, 0.1) is 17.2 Å². The van der Waals surface area contributed by atoms with Crippen molar-refractivity contribution >= 4 is 16.6 Å². The lowest BCUT2D eigenvalue weighted by Gasteiger charge is -2.42. The van der Waals surface area contributed by atoms with Gasteiger partial charge in [0.15, 0.2) is 0 Å². The number of anilines is 1. The van der Waals surface area contributed by atoms with E-state index in [1.807, 2.05) is 41.4 Å². The quantitative estimate of drug-likeness (QED) is 0.446. The highest BCUT2D eigenvalue weighted by molar-refractivity contribution is 5.97. The summed E-state index contributed by atoms with van der Waals surface area (Å²) in [6.07, 6.45) is 0.969. The zero-order valence-electron chi connectivity index (χ0n) is 21.3. The Morgan fingerprint density at radius 1 is 1.08 bits per heavy atom. The van der Waals surface area contributed by atoms with Crippen LogP contribution in [-0.2, 0) is 7.05 Å². The number of benzene rings is 1. The van der Waals surface area contributed by atoms with Crippen LogP contribution in [0.5, 0.6) is 0 Å². The summed E-state index contributed by atoms with van der Waals surface area (Å²) in [4.78, 5) is 22.0. The number of aromatic nitrogens is 2. The first-order valence-electron chi connectivity index (χ1n) is 13.3. The Kier molecular flexibility index (Phi) is 6.18. The van der Waals surface area contributed by atoms with E-state index in [0.29, 0.717) is 48.2 Å². The molecule has 3 fully saturated rings. The Hall–Kier alpha value is -3.38. The minimum Gasteiger partial charge on any atom is -0.353 e. The number of halogens is 3. The molecule has 1 atom stereocenters. The number of nitriles is 1. The van der Waals surface area contributed by atoms with E-state index >= 15 is 0 Å². The normalized spacial score (nSPS) is 20.6. The Morgan fingerprint density at radius 3 is 2.47 bits per heavy atom. The van der Waals surface area contributed by atoms with E-state index in [1.54, 1.807) is 11.6 Å². The monoisotopic (exact) mass is 521 g/mol. The predicted molar refractivity (Wildman–Crippen MR) is 140 cm³/mol. The topological polar surface area (TPSA) is 65.2 Å². The maximum Gasteiger partial charge on any atom is 0.390 e. The number of pyridine rings is 2. The summed E-state index contributed by atoms with van der Waals surface area (Å²) in [5, 5.41) is 11.6. The third kappa shape index (κ3) is 4.78. The van der Waals surface area contributed by atoms with E-state index in [9.17, 15) is 23.2 Å². The van der Waals surface area contributed by atoms with Crippen molar-refractivity contribution in [3.8, 4) is 17.2 Å². The highest BCUT2D eigenvalue weighted by Gasteiger charge is 2.41. The van der Waals surface area contributed by atoms with Crippen molar-refractivity contribution in [3.63, 3.8) is 0 Å². The SMILES string of the molecule is Cn1cc(-c2cc(C#N)c(N3CCN(CCC(F)(F)F)C(C4CC4)C3)nc2C2CC2)c2ccccc2c1=O. The van der Waals surface area contributed by atoms with Crippen molar-refractivity contribution in [2.75, 3.05) is 31.1 Å². The van der Waals surface area contributed by atoms with Crippen LogP contribution >= 0.6 is 0 Å². The molecule has 6 nitrogen and oxygen atoms in total.